The van der Waals surface area contributed by atoms with E-state index in [1.165, 1.54) is 0 Å². The Bertz CT molecular complexity index is 180. The fourth-order valence-corrected chi connectivity index (χ4v) is 1.39. The molecule has 0 spiro atoms. The van der Waals surface area contributed by atoms with Gasteiger partial charge in [-0.3, -0.25) is 4.79 Å². The number of hydrogen-bond acceptors (Lipinski definition) is 3. The molecule has 0 saturated carbocycles. The number of carbonyl (C=O) groups is 1. The zero-order valence-electron chi connectivity index (χ0n) is 9.92. The minimum atomic E-state index is -0.490. The highest BCUT2D eigenvalue weighted by atomic mass is 16.3. The minimum Gasteiger partial charge on any atom is -0.394 e. The molecule has 1 amide bonds. The number of aliphatic hydroxyl groups is 2. The van der Waals surface area contributed by atoms with Crippen LogP contribution in [-0.4, -0.2) is 34.4 Å². The molecule has 0 aromatic carbocycles. The van der Waals surface area contributed by atoms with Crippen LogP contribution >= 0.6 is 0 Å². The number of nitrogens with one attached hydrogen (secondary N) is 1. The maximum Gasteiger partial charge on any atom is 0.220 e. The van der Waals surface area contributed by atoms with E-state index in [-0.39, 0.29) is 12.5 Å². The van der Waals surface area contributed by atoms with Crippen LogP contribution in [0.5, 0.6) is 0 Å². The Labute approximate surface area is 91.7 Å². The van der Waals surface area contributed by atoms with Crippen LogP contribution in [0.15, 0.2) is 0 Å². The second kappa shape index (κ2) is 6.80. The van der Waals surface area contributed by atoms with E-state index in [4.69, 9.17) is 5.11 Å². The van der Waals surface area contributed by atoms with Gasteiger partial charge in [-0.15, -0.1) is 0 Å². The van der Waals surface area contributed by atoms with E-state index in [1.807, 2.05) is 13.8 Å². The second-order valence-corrected chi connectivity index (χ2v) is 4.08. The molecule has 0 aliphatic heterocycles. The summed E-state index contributed by atoms with van der Waals surface area (Å²) in [5, 5.41) is 21.1. The van der Waals surface area contributed by atoms with Crippen molar-refractivity contribution in [2.75, 3.05) is 6.61 Å². The fourth-order valence-electron chi connectivity index (χ4n) is 1.39. The topological polar surface area (TPSA) is 69.6 Å². The summed E-state index contributed by atoms with van der Waals surface area (Å²) in [5.74, 6) is -0.103. The van der Waals surface area contributed by atoms with Gasteiger partial charge >= 0.3 is 0 Å². The first-order chi connectivity index (χ1) is 6.99. The molecule has 0 radical (unpaired) electrons. The van der Waals surface area contributed by atoms with Crippen molar-refractivity contribution >= 4 is 5.91 Å². The van der Waals surface area contributed by atoms with Crippen LogP contribution in [0.3, 0.4) is 0 Å². The molecule has 0 aliphatic rings. The smallest absolute Gasteiger partial charge is 0.220 e. The number of amides is 1. The standard InChI is InChI=1S/C11H23NO3/c1-4-11(5-2,8-13)12-10(15)7-6-9(3)14/h9,13-14H,4-8H2,1-3H3,(H,12,15). The fraction of sp³-hybridized carbons (Fsp3) is 0.909. The van der Waals surface area contributed by atoms with Gasteiger partial charge in [0.2, 0.25) is 5.91 Å². The van der Waals surface area contributed by atoms with E-state index in [2.05, 4.69) is 5.32 Å². The predicted octanol–water partition coefficient (Wildman–Crippen LogP) is 0.815. The van der Waals surface area contributed by atoms with Crippen LogP contribution in [0.25, 0.3) is 0 Å². The molecule has 0 saturated heterocycles. The van der Waals surface area contributed by atoms with Crippen LogP contribution in [0, 0.1) is 0 Å². The molecule has 0 aliphatic carbocycles. The van der Waals surface area contributed by atoms with Gasteiger partial charge in [-0.1, -0.05) is 13.8 Å². The summed E-state index contributed by atoms with van der Waals surface area (Å²) in [4.78, 5) is 11.5. The molecule has 0 aromatic heterocycles. The van der Waals surface area contributed by atoms with Gasteiger partial charge in [-0.05, 0) is 26.2 Å². The van der Waals surface area contributed by atoms with Crippen LogP contribution < -0.4 is 5.32 Å². The minimum absolute atomic E-state index is 0.0413. The van der Waals surface area contributed by atoms with Crippen molar-refractivity contribution in [3.05, 3.63) is 0 Å². The predicted molar refractivity (Wildman–Crippen MR) is 59.5 cm³/mol. The quantitative estimate of drug-likeness (QED) is 0.591. The highest BCUT2D eigenvalue weighted by molar-refractivity contribution is 5.76. The largest absolute Gasteiger partial charge is 0.394 e. The van der Waals surface area contributed by atoms with Crippen molar-refractivity contribution in [3.63, 3.8) is 0 Å². The van der Waals surface area contributed by atoms with E-state index in [9.17, 15) is 9.90 Å². The Morgan fingerprint density at radius 3 is 2.27 bits per heavy atom. The van der Waals surface area contributed by atoms with E-state index in [1.54, 1.807) is 6.92 Å². The first-order valence-corrected chi connectivity index (χ1v) is 5.59. The van der Waals surface area contributed by atoms with Gasteiger partial charge in [-0.2, -0.15) is 0 Å². The van der Waals surface area contributed by atoms with Crippen LogP contribution in [0.2, 0.25) is 0 Å². The highest BCUT2D eigenvalue weighted by Gasteiger charge is 2.26. The molecular weight excluding hydrogens is 194 g/mol. The summed E-state index contributed by atoms with van der Waals surface area (Å²) in [6.07, 6.45) is 1.73. The first-order valence-electron chi connectivity index (χ1n) is 5.59. The van der Waals surface area contributed by atoms with Gasteiger partial charge in [0, 0.05) is 6.42 Å². The van der Waals surface area contributed by atoms with Crippen LogP contribution in [0.1, 0.15) is 46.5 Å². The van der Waals surface area contributed by atoms with E-state index < -0.39 is 11.6 Å². The van der Waals surface area contributed by atoms with Gasteiger partial charge in [-0.25, -0.2) is 0 Å². The summed E-state index contributed by atoms with van der Waals surface area (Å²) < 4.78 is 0. The first kappa shape index (κ1) is 14.4. The van der Waals surface area contributed by atoms with E-state index in [0.29, 0.717) is 25.7 Å². The number of hydrogen-bond donors (Lipinski definition) is 3. The molecular formula is C11H23NO3. The molecule has 0 heterocycles. The van der Waals surface area contributed by atoms with Gasteiger partial charge in [0.15, 0.2) is 0 Å². The lowest BCUT2D eigenvalue weighted by atomic mass is 9.93. The van der Waals surface area contributed by atoms with Crippen molar-refractivity contribution in [1.29, 1.82) is 0 Å². The molecule has 1 unspecified atom stereocenters. The molecule has 15 heavy (non-hydrogen) atoms. The average Bonchev–Trinajstić information content (AvgIpc) is 2.23. The molecule has 0 fully saturated rings. The third-order valence-electron chi connectivity index (χ3n) is 2.85. The lowest BCUT2D eigenvalue weighted by Gasteiger charge is -2.30. The van der Waals surface area contributed by atoms with Crippen LogP contribution in [-0.2, 0) is 4.79 Å². The van der Waals surface area contributed by atoms with Gasteiger partial charge in [0.05, 0.1) is 18.2 Å². The number of carbonyl (C=O) groups excluding carboxylic acids is 1. The maximum absolute atomic E-state index is 11.5. The number of aliphatic hydroxyl groups excluding tert-OH is 2. The summed E-state index contributed by atoms with van der Waals surface area (Å²) in [7, 11) is 0. The normalized spacial score (nSPS) is 13.7. The third-order valence-corrected chi connectivity index (χ3v) is 2.85. The van der Waals surface area contributed by atoms with Crippen LogP contribution in [0.4, 0.5) is 0 Å². The van der Waals surface area contributed by atoms with Crippen molar-refractivity contribution < 1.29 is 15.0 Å². The van der Waals surface area contributed by atoms with Gasteiger partial charge in [0.25, 0.3) is 0 Å². The molecule has 3 N–H and O–H groups in total. The zero-order valence-corrected chi connectivity index (χ0v) is 9.92. The Balaban J connectivity index is 4.11. The molecule has 4 nitrogen and oxygen atoms in total. The van der Waals surface area contributed by atoms with Crippen molar-refractivity contribution in [2.45, 2.75) is 58.1 Å². The maximum atomic E-state index is 11.5. The molecule has 4 heteroatoms. The Morgan fingerprint density at radius 1 is 1.40 bits per heavy atom. The second-order valence-electron chi connectivity index (χ2n) is 4.08. The monoisotopic (exact) mass is 217 g/mol. The van der Waals surface area contributed by atoms with Gasteiger partial charge in [0.1, 0.15) is 0 Å². The molecule has 1 atom stereocenters. The van der Waals surface area contributed by atoms with Crippen molar-refractivity contribution in [1.82, 2.24) is 5.32 Å². The Morgan fingerprint density at radius 2 is 1.93 bits per heavy atom. The average molecular weight is 217 g/mol. The van der Waals surface area contributed by atoms with E-state index >= 15 is 0 Å². The Hall–Kier alpha value is -0.610. The summed E-state index contributed by atoms with van der Waals surface area (Å²) in [5.41, 5.74) is -0.490. The SMILES string of the molecule is CCC(CC)(CO)NC(=O)CCC(C)O. The number of rotatable bonds is 7. The molecule has 90 valence electrons. The van der Waals surface area contributed by atoms with Gasteiger partial charge < -0.3 is 15.5 Å². The van der Waals surface area contributed by atoms with Crippen molar-refractivity contribution in [2.24, 2.45) is 0 Å². The third kappa shape index (κ3) is 5.14. The lowest BCUT2D eigenvalue weighted by molar-refractivity contribution is -0.124. The summed E-state index contributed by atoms with van der Waals surface area (Å²) >= 11 is 0. The summed E-state index contributed by atoms with van der Waals surface area (Å²) in [6.45, 7) is 5.50. The molecule has 0 bridgehead atoms. The highest BCUT2D eigenvalue weighted by Crippen LogP contribution is 2.14. The molecule has 0 rings (SSSR count). The lowest BCUT2D eigenvalue weighted by Crippen LogP contribution is -2.50. The zero-order chi connectivity index (χ0) is 11.9. The Kier molecular flexibility index (Phi) is 6.52. The molecule has 0 aromatic rings. The summed E-state index contributed by atoms with van der Waals surface area (Å²) in [6, 6.07) is 0. The van der Waals surface area contributed by atoms with Crippen molar-refractivity contribution in [3.8, 4) is 0 Å². The van der Waals surface area contributed by atoms with E-state index in [0.717, 1.165) is 0 Å².